The van der Waals surface area contributed by atoms with Crippen LogP contribution in [0.1, 0.15) is 0 Å². The largest absolute Gasteiger partial charge is 0.457 e. The van der Waals surface area contributed by atoms with E-state index in [0.29, 0.717) is 5.75 Å². The van der Waals surface area contributed by atoms with Crippen molar-refractivity contribution < 1.29 is 4.74 Å². The Bertz CT molecular complexity index is 192. The number of rotatable bonds is 2. The van der Waals surface area contributed by atoms with Crippen molar-refractivity contribution in [3.8, 4) is 5.75 Å². The predicted octanol–water partition coefficient (Wildman–Crippen LogP) is 1.62. The Hall–Kier alpha value is -0.540. The van der Waals surface area contributed by atoms with Crippen molar-refractivity contribution in [3.63, 3.8) is 0 Å². The van der Waals surface area contributed by atoms with E-state index in [1.54, 1.807) is 0 Å². The highest BCUT2D eigenvalue weighted by molar-refractivity contribution is 6.43. The highest BCUT2D eigenvalue weighted by atomic mass is 35.5. The van der Waals surface area contributed by atoms with Gasteiger partial charge < -0.3 is 4.74 Å². The van der Waals surface area contributed by atoms with Gasteiger partial charge in [0.25, 0.3) is 0 Å². The average molecular weight is 179 g/mol. The summed E-state index contributed by atoms with van der Waals surface area (Å²) in [6, 6.07) is 0. The molecule has 0 aliphatic carbocycles. The fourth-order valence-electron chi connectivity index (χ4n) is 0.449. The van der Waals surface area contributed by atoms with E-state index in [9.17, 15) is 0 Å². The summed E-state index contributed by atoms with van der Waals surface area (Å²) in [6.07, 6.45) is 4.35. The number of ether oxygens (including phenoxy) is 1. The lowest BCUT2D eigenvalue weighted by Crippen LogP contribution is -1.99. The molecule has 1 aromatic heterocycles. The molecule has 1 heterocycles. The number of halogens is 2. The molecule has 0 amide bonds. The van der Waals surface area contributed by atoms with Crippen LogP contribution in [0, 0.1) is 0 Å². The second-order valence-corrected chi connectivity index (χ2v) is 2.47. The lowest BCUT2D eigenvalue weighted by molar-refractivity contribution is 0.351. The van der Waals surface area contributed by atoms with E-state index in [2.05, 4.69) is 9.97 Å². The fourth-order valence-corrected chi connectivity index (χ4v) is 0.655. The molecule has 0 saturated carbocycles. The maximum Gasteiger partial charge on any atom is 0.248 e. The van der Waals surface area contributed by atoms with Gasteiger partial charge in [-0.3, -0.25) is 0 Å². The number of aromatic nitrogens is 2. The van der Waals surface area contributed by atoms with Crippen molar-refractivity contribution >= 4 is 23.2 Å². The lowest BCUT2D eigenvalue weighted by atomic mass is 10.6. The molecular formula is C5H4Cl2N2O. The highest BCUT2D eigenvalue weighted by Gasteiger charge is 1.98. The zero-order valence-corrected chi connectivity index (χ0v) is 6.38. The highest BCUT2D eigenvalue weighted by Crippen LogP contribution is 2.11. The van der Waals surface area contributed by atoms with Crippen molar-refractivity contribution in [2.24, 2.45) is 0 Å². The Morgan fingerprint density at radius 3 is 2.40 bits per heavy atom. The van der Waals surface area contributed by atoms with Crippen LogP contribution in [-0.2, 0) is 0 Å². The smallest absolute Gasteiger partial charge is 0.248 e. The van der Waals surface area contributed by atoms with Crippen LogP contribution in [0.25, 0.3) is 0 Å². The van der Waals surface area contributed by atoms with Crippen molar-refractivity contribution in [2.75, 3.05) is 0 Å². The van der Waals surface area contributed by atoms with E-state index in [4.69, 9.17) is 27.9 Å². The Morgan fingerprint density at radius 1 is 1.30 bits per heavy atom. The quantitative estimate of drug-likeness (QED) is 0.647. The summed E-state index contributed by atoms with van der Waals surface area (Å²) in [5, 5.41) is -0.869. The standard InChI is InChI=1S/C5H4Cl2N2O/c6-5(7)10-4-1-8-3-9-2-4/h1-3,5H. The zero-order chi connectivity index (χ0) is 7.40. The van der Waals surface area contributed by atoms with Crippen LogP contribution in [0.5, 0.6) is 5.75 Å². The maximum absolute atomic E-state index is 5.30. The van der Waals surface area contributed by atoms with E-state index < -0.39 is 5.02 Å². The van der Waals surface area contributed by atoms with Crippen LogP contribution < -0.4 is 4.74 Å². The third kappa shape index (κ3) is 2.37. The molecule has 10 heavy (non-hydrogen) atoms. The second kappa shape index (κ2) is 3.58. The maximum atomic E-state index is 5.30. The van der Waals surface area contributed by atoms with Gasteiger partial charge in [-0.2, -0.15) is 0 Å². The van der Waals surface area contributed by atoms with Gasteiger partial charge in [-0.15, -0.1) is 0 Å². The van der Waals surface area contributed by atoms with E-state index in [0.717, 1.165) is 0 Å². The van der Waals surface area contributed by atoms with E-state index in [1.807, 2.05) is 0 Å². The summed E-state index contributed by atoms with van der Waals surface area (Å²) >= 11 is 10.6. The Labute approximate surface area is 68.0 Å². The first-order chi connectivity index (χ1) is 4.79. The SMILES string of the molecule is ClC(Cl)Oc1cncnc1. The molecule has 0 unspecified atom stereocenters. The number of hydrogen-bond acceptors (Lipinski definition) is 3. The molecule has 1 aromatic rings. The fraction of sp³-hybridized carbons (Fsp3) is 0.200. The van der Waals surface area contributed by atoms with Crippen molar-refractivity contribution in [3.05, 3.63) is 18.7 Å². The Kier molecular flexibility index (Phi) is 2.71. The van der Waals surface area contributed by atoms with Crippen LogP contribution in [0.15, 0.2) is 18.7 Å². The van der Waals surface area contributed by atoms with Gasteiger partial charge in [0, 0.05) is 0 Å². The second-order valence-electron chi connectivity index (χ2n) is 1.45. The van der Waals surface area contributed by atoms with Gasteiger partial charge in [-0.25, -0.2) is 9.97 Å². The molecule has 1 rings (SSSR count). The molecule has 0 bridgehead atoms. The molecule has 54 valence electrons. The van der Waals surface area contributed by atoms with Crippen molar-refractivity contribution in [1.29, 1.82) is 0 Å². The van der Waals surface area contributed by atoms with E-state index in [-0.39, 0.29) is 0 Å². The Morgan fingerprint density at radius 2 is 1.90 bits per heavy atom. The average Bonchev–Trinajstić information content (AvgIpc) is 1.88. The molecule has 0 radical (unpaired) electrons. The molecule has 0 aliphatic heterocycles. The first kappa shape index (κ1) is 7.57. The van der Waals surface area contributed by atoms with Gasteiger partial charge >= 0.3 is 0 Å². The minimum absolute atomic E-state index is 0.456. The number of nitrogens with zero attached hydrogens (tertiary/aromatic N) is 2. The van der Waals surface area contributed by atoms with Crippen LogP contribution in [0.4, 0.5) is 0 Å². The van der Waals surface area contributed by atoms with Gasteiger partial charge in [0.2, 0.25) is 5.02 Å². The van der Waals surface area contributed by atoms with Crippen LogP contribution in [0.3, 0.4) is 0 Å². The topological polar surface area (TPSA) is 35.0 Å². The summed E-state index contributed by atoms with van der Waals surface area (Å²) in [5.41, 5.74) is 0. The molecule has 0 atom stereocenters. The molecule has 0 aromatic carbocycles. The van der Waals surface area contributed by atoms with Crippen molar-refractivity contribution in [2.45, 2.75) is 5.02 Å². The minimum Gasteiger partial charge on any atom is -0.457 e. The van der Waals surface area contributed by atoms with Crippen LogP contribution in [0.2, 0.25) is 0 Å². The molecule has 0 aliphatic rings. The zero-order valence-electron chi connectivity index (χ0n) is 4.87. The molecule has 0 saturated heterocycles. The number of alkyl halides is 2. The monoisotopic (exact) mass is 178 g/mol. The molecule has 3 nitrogen and oxygen atoms in total. The van der Waals surface area contributed by atoms with Gasteiger partial charge in [0.1, 0.15) is 6.33 Å². The van der Waals surface area contributed by atoms with Gasteiger partial charge in [0.05, 0.1) is 12.4 Å². The number of hydrogen-bond donors (Lipinski definition) is 0. The van der Waals surface area contributed by atoms with E-state index >= 15 is 0 Å². The summed E-state index contributed by atoms with van der Waals surface area (Å²) in [7, 11) is 0. The molecule has 0 N–H and O–H groups in total. The summed E-state index contributed by atoms with van der Waals surface area (Å²) in [4.78, 5) is 7.37. The molecule has 5 heteroatoms. The molecule has 0 fully saturated rings. The summed E-state index contributed by atoms with van der Waals surface area (Å²) < 4.78 is 4.82. The van der Waals surface area contributed by atoms with E-state index in [1.165, 1.54) is 18.7 Å². The predicted molar refractivity (Wildman–Crippen MR) is 38.2 cm³/mol. The normalized spacial score (nSPS) is 9.90. The third-order valence-electron chi connectivity index (χ3n) is 0.762. The van der Waals surface area contributed by atoms with Crippen LogP contribution in [-0.4, -0.2) is 15.0 Å². The van der Waals surface area contributed by atoms with Crippen LogP contribution >= 0.6 is 23.2 Å². The van der Waals surface area contributed by atoms with Gasteiger partial charge in [0.15, 0.2) is 5.75 Å². The first-order valence-electron chi connectivity index (χ1n) is 2.49. The van der Waals surface area contributed by atoms with Gasteiger partial charge in [-0.05, 0) is 0 Å². The lowest BCUT2D eigenvalue weighted by Gasteiger charge is -2.02. The summed E-state index contributed by atoms with van der Waals surface area (Å²) in [5.74, 6) is 0.456. The summed E-state index contributed by atoms with van der Waals surface area (Å²) in [6.45, 7) is 0. The van der Waals surface area contributed by atoms with Crippen molar-refractivity contribution in [1.82, 2.24) is 9.97 Å². The molecular weight excluding hydrogens is 175 g/mol. The minimum atomic E-state index is -0.869. The van der Waals surface area contributed by atoms with Gasteiger partial charge in [-0.1, -0.05) is 23.2 Å². The molecule has 0 spiro atoms. The Balaban J connectivity index is 2.59. The third-order valence-corrected chi connectivity index (χ3v) is 0.940. The first-order valence-corrected chi connectivity index (χ1v) is 3.36.